The van der Waals surface area contributed by atoms with E-state index in [1.54, 1.807) is 0 Å². The van der Waals surface area contributed by atoms with Crippen molar-refractivity contribution in [2.24, 2.45) is 0 Å². The first-order valence-corrected chi connectivity index (χ1v) is 19.9. The van der Waals surface area contributed by atoms with Crippen molar-refractivity contribution < 1.29 is 0 Å². The monoisotopic (exact) mass is 765 g/mol. The Balaban J connectivity index is 1.32. The molecular weight excluding hydrogens is 731 g/mol. The van der Waals surface area contributed by atoms with Crippen LogP contribution in [0, 0.1) is 29.6 Å². The summed E-state index contributed by atoms with van der Waals surface area (Å²) >= 11 is 0. The molecule has 0 saturated carbocycles. The number of benzene rings is 8. The van der Waals surface area contributed by atoms with Crippen molar-refractivity contribution >= 4 is 21.8 Å². The Morgan fingerprint density at radius 2 is 0.917 bits per heavy atom. The molecule has 5 heteroatoms. The normalized spacial score (nSPS) is 11.1. The molecule has 280 valence electrons. The zero-order valence-electron chi connectivity index (χ0n) is 32.7. The van der Waals surface area contributed by atoms with E-state index in [1.165, 1.54) is 11.1 Å². The molecular formula is C55H35N5. The van der Waals surface area contributed by atoms with Crippen molar-refractivity contribution in [3.05, 3.63) is 211 Å². The molecule has 10 aromatic rings. The van der Waals surface area contributed by atoms with E-state index < -0.39 is 0 Å². The van der Waals surface area contributed by atoms with Gasteiger partial charge < -0.3 is 4.57 Å². The zero-order valence-corrected chi connectivity index (χ0v) is 32.7. The average Bonchev–Trinajstić information content (AvgIpc) is 3.65. The number of fused-ring (bicyclic) bond motifs is 3. The van der Waals surface area contributed by atoms with Crippen molar-refractivity contribution in [1.29, 1.82) is 10.5 Å². The Kier molecular flexibility index (Phi) is 9.10. The standard InChI is InChI=1S/C55H35N5/c1-36-12-8-9-17-45(36)43-28-29-53-49(30-43)46-18-10-11-19-52(46)60(53)54-47(39-24-20-37(34-56)21-25-39)31-44(32-48(54)40-26-22-38(35-57)23-27-40)51-33-50(41-13-4-2-5-14-41)58-55(59-51)42-15-6-3-7-16-42/h2-33H,1H3. The number of hydrogen-bond acceptors (Lipinski definition) is 4. The van der Waals surface area contributed by atoms with E-state index in [2.05, 4.69) is 121 Å². The molecule has 60 heavy (non-hydrogen) atoms. The molecule has 0 bridgehead atoms. The molecule has 0 radical (unpaired) electrons. The lowest BCUT2D eigenvalue weighted by Gasteiger charge is -2.21. The minimum atomic E-state index is 0.583. The Bertz CT molecular complexity index is 3180. The Labute approximate surface area is 348 Å². The number of hydrogen-bond donors (Lipinski definition) is 0. The van der Waals surface area contributed by atoms with Crippen molar-refractivity contribution in [3.63, 3.8) is 0 Å². The summed E-state index contributed by atoms with van der Waals surface area (Å²) in [4.78, 5) is 10.3. The fourth-order valence-corrected chi connectivity index (χ4v) is 8.26. The van der Waals surface area contributed by atoms with Crippen LogP contribution in [0.4, 0.5) is 0 Å². The lowest BCUT2D eigenvalue weighted by atomic mass is 9.91. The van der Waals surface area contributed by atoms with Gasteiger partial charge in [0.05, 0.1) is 51.4 Å². The quantitative estimate of drug-likeness (QED) is 0.162. The van der Waals surface area contributed by atoms with Gasteiger partial charge in [-0.25, -0.2) is 9.97 Å². The largest absolute Gasteiger partial charge is 0.308 e. The lowest BCUT2D eigenvalue weighted by Crippen LogP contribution is -2.03. The molecule has 0 unspecified atom stereocenters. The van der Waals surface area contributed by atoms with Gasteiger partial charge in [0.1, 0.15) is 0 Å². The van der Waals surface area contributed by atoms with Crippen LogP contribution < -0.4 is 0 Å². The summed E-state index contributed by atoms with van der Waals surface area (Å²) in [5.41, 5.74) is 16.1. The maximum Gasteiger partial charge on any atom is 0.160 e. The summed E-state index contributed by atoms with van der Waals surface area (Å²) in [5.74, 6) is 0.628. The van der Waals surface area contributed by atoms with E-state index in [-0.39, 0.29) is 0 Å². The van der Waals surface area contributed by atoms with Crippen molar-refractivity contribution in [1.82, 2.24) is 14.5 Å². The molecule has 0 N–H and O–H groups in total. The highest BCUT2D eigenvalue weighted by atomic mass is 15.0. The molecule has 0 atom stereocenters. The summed E-state index contributed by atoms with van der Waals surface area (Å²) in [7, 11) is 0. The highest BCUT2D eigenvalue weighted by Crippen LogP contribution is 2.45. The Hall–Kier alpha value is -8.38. The van der Waals surface area contributed by atoms with Gasteiger partial charge in [-0.2, -0.15) is 10.5 Å². The third kappa shape index (κ3) is 6.47. The number of para-hydroxylation sites is 1. The highest BCUT2D eigenvalue weighted by molar-refractivity contribution is 6.12. The van der Waals surface area contributed by atoms with Crippen molar-refractivity contribution in [2.75, 3.05) is 0 Å². The van der Waals surface area contributed by atoms with Crippen LogP contribution in [-0.4, -0.2) is 14.5 Å². The average molecular weight is 766 g/mol. The third-order valence-corrected chi connectivity index (χ3v) is 11.2. The van der Waals surface area contributed by atoms with Gasteiger partial charge in [0.2, 0.25) is 0 Å². The van der Waals surface area contributed by atoms with E-state index >= 15 is 0 Å². The van der Waals surface area contributed by atoms with Crippen LogP contribution in [0.3, 0.4) is 0 Å². The van der Waals surface area contributed by atoms with Gasteiger partial charge in [-0.3, -0.25) is 0 Å². The molecule has 2 aromatic heterocycles. The summed E-state index contributed by atoms with van der Waals surface area (Å²) in [6, 6.07) is 70.8. The van der Waals surface area contributed by atoms with Gasteiger partial charge in [0.25, 0.3) is 0 Å². The molecule has 0 aliphatic rings. The summed E-state index contributed by atoms with van der Waals surface area (Å²) in [6.45, 7) is 2.15. The predicted molar refractivity (Wildman–Crippen MR) is 243 cm³/mol. The topological polar surface area (TPSA) is 78.3 Å². The second-order valence-electron chi connectivity index (χ2n) is 14.9. The molecule has 0 saturated heterocycles. The highest BCUT2D eigenvalue weighted by Gasteiger charge is 2.23. The van der Waals surface area contributed by atoms with E-state index in [4.69, 9.17) is 9.97 Å². The fraction of sp³-hybridized carbons (Fsp3) is 0.0182. The second-order valence-corrected chi connectivity index (χ2v) is 14.9. The van der Waals surface area contributed by atoms with Crippen LogP contribution in [0.5, 0.6) is 0 Å². The molecule has 0 fully saturated rings. The summed E-state index contributed by atoms with van der Waals surface area (Å²) in [5, 5.41) is 22.0. The van der Waals surface area contributed by atoms with Gasteiger partial charge in [-0.1, -0.05) is 133 Å². The first-order valence-electron chi connectivity index (χ1n) is 19.9. The van der Waals surface area contributed by atoms with Crippen LogP contribution in [0.15, 0.2) is 194 Å². The lowest BCUT2D eigenvalue weighted by molar-refractivity contribution is 1.17. The molecule has 0 aliphatic heterocycles. The van der Waals surface area contributed by atoms with Gasteiger partial charge in [-0.05, 0) is 95.4 Å². The van der Waals surface area contributed by atoms with Crippen LogP contribution in [0.1, 0.15) is 16.7 Å². The van der Waals surface area contributed by atoms with E-state index in [9.17, 15) is 10.5 Å². The summed E-state index contributed by atoms with van der Waals surface area (Å²) < 4.78 is 2.38. The van der Waals surface area contributed by atoms with Crippen LogP contribution in [0.2, 0.25) is 0 Å². The molecule has 0 spiro atoms. The Morgan fingerprint density at radius 1 is 0.400 bits per heavy atom. The molecule has 8 aromatic carbocycles. The number of nitrogens with zero attached hydrogens (tertiary/aromatic N) is 5. The molecule has 5 nitrogen and oxygen atoms in total. The van der Waals surface area contributed by atoms with Crippen LogP contribution >= 0.6 is 0 Å². The first kappa shape index (κ1) is 36.0. The maximum atomic E-state index is 9.84. The smallest absolute Gasteiger partial charge is 0.160 e. The summed E-state index contributed by atoms with van der Waals surface area (Å²) in [6.07, 6.45) is 0. The molecule has 0 amide bonds. The van der Waals surface area contributed by atoms with Gasteiger partial charge in [-0.15, -0.1) is 0 Å². The molecule has 0 aliphatic carbocycles. The molecule has 10 rings (SSSR count). The van der Waals surface area contributed by atoms with Crippen LogP contribution in [0.25, 0.3) is 94.8 Å². The minimum Gasteiger partial charge on any atom is -0.308 e. The second kappa shape index (κ2) is 15.2. The predicted octanol–water partition coefficient (Wildman–Crippen LogP) is 13.6. The number of nitriles is 2. The van der Waals surface area contributed by atoms with Gasteiger partial charge >= 0.3 is 0 Å². The fourth-order valence-electron chi connectivity index (χ4n) is 8.26. The third-order valence-electron chi connectivity index (χ3n) is 11.2. The number of aryl methyl sites for hydroxylation is 1. The number of rotatable bonds is 7. The van der Waals surface area contributed by atoms with Gasteiger partial charge in [0.15, 0.2) is 5.82 Å². The van der Waals surface area contributed by atoms with E-state index in [1.807, 2.05) is 97.1 Å². The minimum absolute atomic E-state index is 0.583. The van der Waals surface area contributed by atoms with E-state index in [0.717, 1.165) is 83.4 Å². The Morgan fingerprint density at radius 3 is 1.53 bits per heavy atom. The maximum absolute atomic E-state index is 9.84. The van der Waals surface area contributed by atoms with Crippen molar-refractivity contribution in [2.45, 2.75) is 6.92 Å². The molecule has 2 heterocycles. The SMILES string of the molecule is Cc1ccccc1-c1ccc2c(c1)c1ccccc1n2-c1c(-c2ccc(C#N)cc2)cc(-c2cc(-c3ccccc3)nc(-c3ccccc3)n2)cc1-c1ccc(C#N)cc1. The number of aromatic nitrogens is 3. The van der Waals surface area contributed by atoms with Crippen molar-refractivity contribution in [3.8, 4) is 85.1 Å². The van der Waals surface area contributed by atoms with Gasteiger partial charge in [0, 0.05) is 38.6 Å². The zero-order chi connectivity index (χ0) is 40.6. The first-order chi connectivity index (χ1) is 29.6. The van der Waals surface area contributed by atoms with Crippen LogP contribution in [-0.2, 0) is 0 Å². The van der Waals surface area contributed by atoms with E-state index in [0.29, 0.717) is 17.0 Å².